The van der Waals surface area contributed by atoms with E-state index >= 15 is 0 Å². The maximum atomic E-state index is 10.8. The van der Waals surface area contributed by atoms with Crippen molar-refractivity contribution in [2.75, 3.05) is 13.1 Å². The van der Waals surface area contributed by atoms with Crippen molar-refractivity contribution in [1.82, 2.24) is 10.6 Å². The normalized spacial score (nSPS) is 8.75. The van der Waals surface area contributed by atoms with Gasteiger partial charge in [0, 0.05) is 6.54 Å². The molecule has 2 amide bonds. The molecule has 5 heteroatoms. The minimum Gasteiger partial charge on any atom is -0.351 e. The fourth-order valence-corrected chi connectivity index (χ4v) is 0.552. The van der Waals surface area contributed by atoms with Crippen LogP contribution in [-0.2, 0) is 14.4 Å². The van der Waals surface area contributed by atoms with E-state index in [1.165, 1.54) is 0 Å². The van der Waals surface area contributed by atoms with Crippen molar-refractivity contribution in [3.8, 4) is 0 Å². The zero-order chi connectivity index (χ0) is 9.40. The van der Waals surface area contributed by atoms with Crippen molar-refractivity contribution in [3.63, 3.8) is 0 Å². The Balaban J connectivity index is 3.61. The number of carbonyl (C=O) groups is 3. The lowest BCUT2D eigenvalue weighted by molar-refractivity contribution is -0.137. The number of carbonyl (C=O) groups excluding carboxylic acids is 3. The fourth-order valence-electron chi connectivity index (χ4n) is 0.552. The number of rotatable bonds is 6. The van der Waals surface area contributed by atoms with Crippen molar-refractivity contribution in [2.24, 2.45) is 0 Å². The van der Waals surface area contributed by atoms with Gasteiger partial charge in [0.05, 0.1) is 6.54 Å². The van der Waals surface area contributed by atoms with Crippen LogP contribution >= 0.6 is 0 Å². The molecule has 0 saturated heterocycles. The van der Waals surface area contributed by atoms with Crippen LogP contribution < -0.4 is 10.6 Å². The van der Waals surface area contributed by atoms with Crippen molar-refractivity contribution in [3.05, 3.63) is 0 Å². The topological polar surface area (TPSA) is 75.3 Å². The molecule has 5 nitrogen and oxygen atoms in total. The zero-order valence-electron chi connectivity index (χ0n) is 6.92. The third-order valence-electron chi connectivity index (χ3n) is 1.13. The van der Waals surface area contributed by atoms with Gasteiger partial charge >= 0.3 is 0 Å². The molecule has 0 aliphatic heterocycles. The third-order valence-corrected chi connectivity index (χ3v) is 1.13. The monoisotopic (exact) mass is 172 g/mol. The van der Waals surface area contributed by atoms with Gasteiger partial charge in [0.15, 0.2) is 0 Å². The van der Waals surface area contributed by atoms with Gasteiger partial charge in [-0.3, -0.25) is 14.4 Å². The summed E-state index contributed by atoms with van der Waals surface area (Å²) in [4.78, 5) is 31.3. The summed E-state index contributed by atoms with van der Waals surface area (Å²) in [5, 5.41) is 4.51. The lowest BCUT2D eigenvalue weighted by Crippen LogP contribution is -2.37. The largest absolute Gasteiger partial charge is 0.351 e. The molecule has 0 bridgehead atoms. The summed E-state index contributed by atoms with van der Waals surface area (Å²) < 4.78 is 0. The van der Waals surface area contributed by atoms with Gasteiger partial charge in [-0.2, -0.15) is 0 Å². The molecule has 0 aromatic rings. The van der Waals surface area contributed by atoms with Gasteiger partial charge < -0.3 is 10.6 Å². The van der Waals surface area contributed by atoms with E-state index in [9.17, 15) is 14.4 Å². The molecule has 0 radical (unpaired) electrons. The molecule has 0 fully saturated rings. The predicted molar refractivity (Wildman–Crippen MR) is 42.4 cm³/mol. The first-order valence-electron chi connectivity index (χ1n) is 3.70. The van der Waals surface area contributed by atoms with Gasteiger partial charge in [-0.1, -0.05) is 6.92 Å². The summed E-state index contributed by atoms with van der Waals surface area (Å²) in [5.74, 6) is -1.28. The second-order valence-corrected chi connectivity index (χ2v) is 2.18. The minimum atomic E-state index is -0.647. The first kappa shape index (κ1) is 10.6. The SMILES string of the molecule is CCCNC(=O)C(=O)CNC=O. The molecule has 0 heterocycles. The van der Waals surface area contributed by atoms with Crippen LogP contribution in [0.2, 0.25) is 0 Å². The van der Waals surface area contributed by atoms with Crippen LogP contribution in [0.4, 0.5) is 0 Å². The standard InChI is InChI=1S/C7H12N2O3/c1-2-3-9-7(12)6(11)4-8-5-10/h5H,2-4H2,1H3,(H,8,10)(H,9,12). The molecule has 0 spiro atoms. The Hall–Kier alpha value is -1.39. The summed E-state index contributed by atoms with van der Waals surface area (Å²) in [6.07, 6.45) is 1.16. The maximum Gasteiger partial charge on any atom is 0.289 e. The van der Waals surface area contributed by atoms with Crippen LogP contribution in [-0.4, -0.2) is 31.2 Å². The van der Waals surface area contributed by atoms with Gasteiger partial charge in [0.1, 0.15) is 0 Å². The van der Waals surface area contributed by atoms with Gasteiger partial charge in [-0.15, -0.1) is 0 Å². The highest BCUT2D eigenvalue weighted by Crippen LogP contribution is 1.74. The first-order chi connectivity index (χ1) is 5.72. The van der Waals surface area contributed by atoms with E-state index in [1.807, 2.05) is 6.92 Å². The highest BCUT2D eigenvalue weighted by atomic mass is 16.2. The van der Waals surface area contributed by atoms with E-state index in [-0.39, 0.29) is 6.54 Å². The lowest BCUT2D eigenvalue weighted by atomic mass is 10.3. The van der Waals surface area contributed by atoms with Crippen LogP contribution in [0, 0.1) is 0 Å². The number of hydrogen-bond acceptors (Lipinski definition) is 3. The van der Waals surface area contributed by atoms with E-state index in [2.05, 4.69) is 10.6 Å². The molecular weight excluding hydrogens is 160 g/mol. The summed E-state index contributed by atoms with van der Waals surface area (Å²) in [5.41, 5.74) is 0. The molecule has 0 unspecified atom stereocenters. The number of amides is 2. The van der Waals surface area contributed by atoms with Gasteiger partial charge in [0.25, 0.3) is 5.91 Å². The van der Waals surface area contributed by atoms with E-state index < -0.39 is 11.7 Å². The number of Topliss-reactive ketones (excluding diaryl/α,β-unsaturated/α-hetero) is 1. The van der Waals surface area contributed by atoms with E-state index in [0.29, 0.717) is 13.0 Å². The third kappa shape index (κ3) is 4.43. The second kappa shape index (κ2) is 6.33. The molecule has 0 aliphatic rings. The number of hydrogen-bond donors (Lipinski definition) is 2. The van der Waals surface area contributed by atoms with E-state index in [4.69, 9.17) is 0 Å². The Kier molecular flexibility index (Phi) is 5.60. The molecule has 0 saturated carbocycles. The Morgan fingerprint density at radius 3 is 2.58 bits per heavy atom. The Morgan fingerprint density at radius 2 is 2.08 bits per heavy atom. The van der Waals surface area contributed by atoms with E-state index in [1.54, 1.807) is 0 Å². The Morgan fingerprint density at radius 1 is 1.42 bits per heavy atom. The highest BCUT2D eigenvalue weighted by molar-refractivity contribution is 6.37. The summed E-state index contributed by atoms with van der Waals surface area (Å²) >= 11 is 0. The van der Waals surface area contributed by atoms with E-state index in [0.717, 1.165) is 6.42 Å². The first-order valence-corrected chi connectivity index (χ1v) is 3.70. The summed E-state index contributed by atoms with van der Waals surface area (Å²) in [6.45, 7) is 2.12. The summed E-state index contributed by atoms with van der Waals surface area (Å²) in [7, 11) is 0. The Bertz CT molecular complexity index is 179. The number of nitrogens with one attached hydrogen (secondary N) is 2. The predicted octanol–water partition coefficient (Wildman–Crippen LogP) is -1.17. The smallest absolute Gasteiger partial charge is 0.289 e. The molecule has 0 atom stereocenters. The van der Waals surface area contributed by atoms with Crippen LogP contribution in [0.3, 0.4) is 0 Å². The highest BCUT2D eigenvalue weighted by Gasteiger charge is 2.10. The van der Waals surface area contributed by atoms with Gasteiger partial charge in [0.2, 0.25) is 12.2 Å². The van der Waals surface area contributed by atoms with Crippen molar-refractivity contribution in [1.29, 1.82) is 0 Å². The molecule has 2 N–H and O–H groups in total. The average molecular weight is 172 g/mol. The van der Waals surface area contributed by atoms with Crippen molar-refractivity contribution in [2.45, 2.75) is 13.3 Å². The van der Waals surface area contributed by atoms with Gasteiger partial charge in [-0.05, 0) is 6.42 Å². The molecule has 12 heavy (non-hydrogen) atoms. The second-order valence-electron chi connectivity index (χ2n) is 2.18. The van der Waals surface area contributed by atoms with Gasteiger partial charge in [-0.25, -0.2) is 0 Å². The maximum absolute atomic E-state index is 10.8. The fraction of sp³-hybridized carbons (Fsp3) is 0.571. The average Bonchev–Trinajstić information content (AvgIpc) is 2.10. The molecule has 0 aromatic carbocycles. The number of ketones is 1. The molecule has 0 aromatic heterocycles. The molecule has 68 valence electrons. The molecule has 0 aliphatic carbocycles. The quantitative estimate of drug-likeness (QED) is 0.391. The van der Waals surface area contributed by atoms with Crippen LogP contribution in [0.15, 0.2) is 0 Å². The Labute approximate surface area is 70.5 Å². The van der Waals surface area contributed by atoms with Crippen LogP contribution in [0.5, 0.6) is 0 Å². The molecular formula is C7H12N2O3. The minimum absolute atomic E-state index is 0.237. The van der Waals surface area contributed by atoms with Crippen LogP contribution in [0.1, 0.15) is 13.3 Å². The van der Waals surface area contributed by atoms with Crippen LogP contribution in [0.25, 0.3) is 0 Å². The summed E-state index contributed by atoms with van der Waals surface area (Å²) in [6, 6.07) is 0. The zero-order valence-corrected chi connectivity index (χ0v) is 6.92. The molecule has 0 rings (SSSR count). The van der Waals surface area contributed by atoms with Crippen molar-refractivity contribution >= 4 is 18.1 Å². The van der Waals surface area contributed by atoms with Crippen molar-refractivity contribution < 1.29 is 14.4 Å². The lowest BCUT2D eigenvalue weighted by Gasteiger charge is -2.00.